The fraction of sp³-hybridized carbons (Fsp3) is 0.895. The smallest absolute Gasteiger partial charge is 0.308 e. The highest BCUT2D eigenvalue weighted by Crippen LogP contribution is 2.40. The van der Waals surface area contributed by atoms with Crippen LogP contribution in [-0.2, 0) is 14.3 Å². The third-order valence-corrected chi connectivity index (χ3v) is 5.16. The molecule has 3 nitrogen and oxygen atoms in total. The second kappa shape index (κ2) is 10.8. The van der Waals surface area contributed by atoms with E-state index in [2.05, 4.69) is 13.8 Å². The average molecular weight is 310 g/mol. The van der Waals surface area contributed by atoms with Crippen LogP contribution in [-0.4, -0.2) is 18.9 Å². The van der Waals surface area contributed by atoms with E-state index in [0.717, 1.165) is 32.1 Å². The van der Waals surface area contributed by atoms with Crippen molar-refractivity contribution in [3.05, 3.63) is 0 Å². The SMILES string of the molecule is CCCCCCC(C(=O)OC)C1CCC(=O)C1CCCCC. The van der Waals surface area contributed by atoms with Crippen LogP contribution in [0, 0.1) is 17.8 Å². The van der Waals surface area contributed by atoms with E-state index in [1.54, 1.807) is 0 Å². The van der Waals surface area contributed by atoms with Gasteiger partial charge in [0.2, 0.25) is 0 Å². The third-order valence-electron chi connectivity index (χ3n) is 5.16. The standard InChI is InChI=1S/C19H34O3/c1-4-6-8-10-12-17(19(21)22-3)15-13-14-18(20)16(15)11-9-7-5-2/h15-17H,4-14H2,1-3H3. The second-order valence-corrected chi connectivity index (χ2v) is 6.75. The molecule has 0 aromatic carbocycles. The van der Waals surface area contributed by atoms with Crippen molar-refractivity contribution >= 4 is 11.8 Å². The highest BCUT2D eigenvalue weighted by Gasteiger charge is 2.41. The Labute approximate surface area is 136 Å². The Bertz CT molecular complexity index is 338. The Morgan fingerprint density at radius 3 is 2.45 bits per heavy atom. The van der Waals surface area contributed by atoms with E-state index in [9.17, 15) is 9.59 Å². The lowest BCUT2D eigenvalue weighted by molar-refractivity contribution is -0.148. The van der Waals surface area contributed by atoms with Crippen LogP contribution in [0.2, 0.25) is 0 Å². The maximum atomic E-state index is 12.2. The van der Waals surface area contributed by atoms with Crippen molar-refractivity contribution in [2.24, 2.45) is 17.8 Å². The lowest BCUT2D eigenvalue weighted by atomic mass is 9.78. The maximum absolute atomic E-state index is 12.2. The molecule has 1 rings (SSSR count). The predicted octanol–water partition coefficient (Wildman–Crippen LogP) is 4.92. The molecule has 0 heterocycles. The van der Waals surface area contributed by atoms with E-state index >= 15 is 0 Å². The lowest BCUT2D eigenvalue weighted by Gasteiger charge is -2.26. The summed E-state index contributed by atoms with van der Waals surface area (Å²) in [4.78, 5) is 24.4. The number of methoxy groups -OCH3 is 1. The van der Waals surface area contributed by atoms with Crippen molar-refractivity contribution < 1.29 is 14.3 Å². The van der Waals surface area contributed by atoms with Gasteiger partial charge in [-0.1, -0.05) is 58.8 Å². The molecular formula is C19H34O3. The summed E-state index contributed by atoms with van der Waals surface area (Å²) in [5.41, 5.74) is 0. The summed E-state index contributed by atoms with van der Waals surface area (Å²) in [5, 5.41) is 0. The summed E-state index contributed by atoms with van der Waals surface area (Å²) in [7, 11) is 1.48. The number of hydrogen-bond acceptors (Lipinski definition) is 3. The number of carbonyl (C=O) groups excluding carboxylic acids is 2. The fourth-order valence-corrected chi connectivity index (χ4v) is 3.85. The molecule has 1 aliphatic carbocycles. The first-order valence-electron chi connectivity index (χ1n) is 9.26. The molecule has 3 heteroatoms. The molecule has 1 aliphatic rings. The Kier molecular flexibility index (Phi) is 9.42. The molecule has 0 spiro atoms. The molecule has 1 fully saturated rings. The van der Waals surface area contributed by atoms with Gasteiger partial charge in [0.15, 0.2) is 0 Å². The third kappa shape index (κ3) is 5.73. The van der Waals surface area contributed by atoms with Crippen molar-refractivity contribution in [1.29, 1.82) is 0 Å². The molecule has 0 saturated heterocycles. The molecule has 0 bridgehead atoms. The molecular weight excluding hydrogens is 276 g/mol. The van der Waals surface area contributed by atoms with Crippen LogP contribution in [0.25, 0.3) is 0 Å². The van der Waals surface area contributed by atoms with Crippen LogP contribution in [0.15, 0.2) is 0 Å². The summed E-state index contributed by atoms with van der Waals surface area (Å²) < 4.78 is 5.04. The van der Waals surface area contributed by atoms with E-state index in [1.165, 1.54) is 39.2 Å². The largest absolute Gasteiger partial charge is 0.469 e. The minimum atomic E-state index is -0.100. The van der Waals surface area contributed by atoms with Gasteiger partial charge in [-0.15, -0.1) is 0 Å². The average Bonchev–Trinajstić information content (AvgIpc) is 2.88. The van der Waals surface area contributed by atoms with Crippen LogP contribution in [0.5, 0.6) is 0 Å². The normalized spacial score (nSPS) is 22.8. The Morgan fingerprint density at radius 2 is 1.82 bits per heavy atom. The Balaban J connectivity index is 2.64. The van der Waals surface area contributed by atoms with Gasteiger partial charge >= 0.3 is 5.97 Å². The zero-order valence-electron chi connectivity index (χ0n) is 14.7. The zero-order valence-corrected chi connectivity index (χ0v) is 14.7. The van der Waals surface area contributed by atoms with Crippen LogP contribution >= 0.6 is 0 Å². The van der Waals surface area contributed by atoms with E-state index < -0.39 is 0 Å². The van der Waals surface area contributed by atoms with Gasteiger partial charge in [-0.25, -0.2) is 0 Å². The van der Waals surface area contributed by atoms with Gasteiger partial charge in [0, 0.05) is 12.3 Å². The van der Waals surface area contributed by atoms with Crippen LogP contribution < -0.4 is 0 Å². The molecule has 0 aromatic rings. The predicted molar refractivity (Wildman–Crippen MR) is 89.6 cm³/mol. The zero-order chi connectivity index (χ0) is 16.4. The van der Waals surface area contributed by atoms with Gasteiger partial charge in [-0.05, 0) is 25.2 Å². The molecule has 0 aliphatic heterocycles. The molecule has 0 N–H and O–H groups in total. The minimum Gasteiger partial charge on any atom is -0.469 e. The van der Waals surface area contributed by atoms with E-state index in [0.29, 0.717) is 12.2 Å². The van der Waals surface area contributed by atoms with E-state index in [4.69, 9.17) is 4.74 Å². The van der Waals surface area contributed by atoms with Gasteiger partial charge in [0.05, 0.1) is 13.0 Å². The fourth-order valence-electron chi connectivity index (χ4n) is 3.85. The molecule has 3 unspecified atom stereocenters. The maximum Gasteiger partial charge on any atom is 0.308 e. The highest BCUT2D eigenvalue weighted by atomic mass is 16.5. The van der Waals surface area contributed by atoms with E-state index in [-0.39, 0.29) is 23.7 Å². The number of carbonyl (C=O) groups is 2. The van der Waals surface area contributed by atoms with Crippen LogP contribution in [0.4, 0.5) is 0 Å². The number of hydrogen-bond donors (Lipinski definition) is 0. The van der Waals surface area contributed by atoms with Crippen molar-refractivity contribution in [1.82, 2.24) is 0 Å². The van der Waals surface area contributed by atoms with Gasteiger partial charge in [0.1, 0.15) is 5.78 Å². The Morgan fingerprint density at radius 1 is 1.14 bits per heavy atom. The topological polar surface area (TPSA) is 43.4 Å². The second-order valence-electron chi connectivity index (χ2n) is 6.75. The van der Waals surface area contributed by atoms with Gasteiger partial charge in [0.25, 0.3) is 0 Å². The quantitative estimate of drug-likeness (QED) is 0.402. The minimum absolute atomic E-state index is 0.0695. The molecule has 1 saturated carbocycles. The van der Waals surface area contributed by atoms with Gasteiger partial charge in [-0.3, -0.25) is 9.59 Å². The number of unbranched alkanes of at least 4 members (excludes halogenated alkanes) is 5. The number of Topliss-reactive ketones (excluding diaryl/α,β-unsaturated/α-hetero) is 1. The van der Waals surface area contributed by atoms with Gasteiger partial charge in [-0.2, -0.15) is 0 Å². The molecule has 0 radical (unpaired) electrons. The highest BCUT2D eigenvalue weighted by molar-refractivity contribution is 5.85. The first kappa shape index (κ1) is 19.2. The van der Waals surface area contributed by atoms with Gasteiger partial charge < -0.3 is 4.74 Å². The molecule has 3 atom stereocenters. The molecule has 128 valence electrons. The van der Waals surface area contributed by atoms with Crippen molar-refractivity contribution in [3.63, 3.8) is 0 Å². The van der Waals surface area contributed by atoms with Crippen molar-refractivity contribution in [2.75, 3.05) is 7.11 Å². The number of esters is 1. The summed E-state index contributed by atoms with van der Waals surface area (Å²) in [6, 6.07) is 0. The monoisotopic (exact) mass is 310 g/mol. The Hall–Kier alpha value is -0.860. The van der Waals surface area contributed by atoms with Crippen LogP contribution in [0.3, 0.4) is 0 Å². The van der Waals surface area contributed by atoms with E-state index in [1.807, 2.05) is 0 Å². The summed E-state index contributed by atoms with van der Waals surface area (Å²) in [6.07, 6.45) is 11.5. The van der Waals surface area contributed by atoms with Crippen molar-refractivity contribution in [3.8, 4) is 0 Å². The first-order valence-corrected chi connectivity index (χ1v) is 9.26. The summed E-state index contributed by atoms with van der Waals surface area (Å²) in [6.45, 7) is 4.37. The summed E-state index contributed by atoms with van der Waals surface area (Å²) in [5.74, 6) is 0.528. The molecule has 0 amide bonds. The number of ketones is 1. The summed E-state index contributed by atoms with van der Waals surface area (Å²) >= 11 is 0. The molecule has 22 heavy (non-hydrogen) atoms. The first-order chi connectivity index (χ1) is 10.7. The number of rotatable bonds is 11. The lowest BCUT2D eigenvalue weighted by Crippen LogP contribution is -2.29. The van der Waals surface area contributed by atoms with Crippen LogP contribution in [0.1, 0.15) is 84.5 Å². The number of ether oxygens (including phenoxy) is 1. The molecule has 0 aromatic heterocycles. The van der Waals surface area contributed by atoms with Crippen molar-refractivity contribution in [2.45, 2.75) is 84.5 Å².